The molecule has 2 aromatic rings. The number of amides is 1. The van der Waals surface area contributed by atoms with Crippen molar-refractivity contribution in [1.82, 2.24) is 0 Å². The van der Waals surface area contributed by atoms with E-state index >= 15 is 0 Å². The highest BCUT2D eigenvalue weighted by molar-refractivity contribution is 6.03. The number of anilines is 1. The molecule has 1 N–H and O–H groups in total. The molecule has 5 heteroatoms. The van der Waals surface area contributed by atoms with Gasteiger partial charge in [-0.05, 0) is 25.1 Å². The third-order valence-corrected chi connectivity index (χ3v) is 2.50. The molecule has 1 heterocycles. The number of nitriles is 1. The number of nitrogens with one attached hydrogen (secondary N) is 1. The molecule has 0 atom stereocenters. The van der Waals surface area contributed by atoms with Gasteiger partial charge >= 0.3 is 0 Å². The number of ether oxygens (including phenoxy) is 1. The molecule has 0 aliphatic carbocycles. The largest absolute Gasteiger partial charge is 0.477 e. The molecule has 96 valence electrons. The van der Waals surface area contributed by atoms with Crippen LogP contribution < -0.4 is 10.1 Å². The van der Waals surface area contributed by atoms with Gasteiger partial charge in [-0.15, -0.1) is 0 Å². The van der Waals surface area contributed by atoms with E-state index in [1.807, 2.05) is 6.07 Å². The van der Waals surface area contributed by atoms with Crippen molar-refractivity contribution in [2.75, 3.05) is 11.9 Å². The van der Waals surface area contributed by atoms with Crippen LogP contribution in [-0.2, 0) is 0 Å². The molecule has 19 heavy (non-hydrogen) atoms. The van der Waals surface area contributed by atoms with Gasteiger partial charge < -0.3 is 14.5 Å². The Bertz CT molecular complexity index is 626. The number of nitrogens with zero attached hydrogens (tertiary/aromatic N) is 1. The lowest BCUT2D eigenvalue weighted by atomic mass is 10.2. The summed E-state index contributed by atoms with van der Waals surface area (Å²) in [5.41, 5.74) is 1.26. The lowest BCUT2D eigenvalue weighted by Gasteiger charge is -2.09. The second-order valence-electron chi connectivity index (χ2n) is 3.83. The van der Waals surface area contributed by atoms with Crippen molar-refractivity contribution in [1.29, 1.82) is 5.26 Å². The summed E-state index contributed by atoms with van der Waals surface area (Å²) < 4.78 is 10.3. The summed E-state index contributed by atoms with van der Waals surface area (Å²) in [6, 6.07) is 10.5. The maximum Gasteiger partial charge on any atom is 0.291 e. The van der Waals surface area contributed by atoms with E-state index in [1.54, 1.807) is 37.3 Å². The first-order valence-corrected chi connectivity index (χ1v) is 5.66. The minimum atomic E-state index is -0.351. The van der Waals surface area contributed by atoms with Gasteiger partial charge in [0.1, 0.15) is 11.8 Å². The maximum absolute atomic E-state index is 12.0. The van der Waals surface area contributed by atoms with Crippen molar-refractivity contribution in [3.05, 3.63) is 47.9 Å². The third-order valence-electron chi connectivity index (χ3n) is 2.50. The highest BCUT2D eigenvalue weighted by atomic mass is 16.5. The summed E-state index contributed by atoms with van der Waals surface area (Å²) in [5.74, 6) is 0.354. The molecule has 1 aromatic carbocycles. The van der Waals surface area contributed by atoms with E-state index in [1.165, 1.54) is 6.26 Å². The molecule has 0 unspecified atom stereocenters. The number of rotatable bonds is 4. The zero-order chi connectivity index (χ0) is 13.7. The van der Waals surface area contributed by atoms with E-state index in [9.17, 15) is 4.79 Å². The van der Waals surface area contributed by atoms with Crippen LogP contribution in [0.1, 0.15) is 16.1 Å². The van der Waals surface area contributed by atoms with Gasteiger partial charge in [0.2, 0.25) is 0 Å². The monoisotopic (exact) mass is 256 g/mol. The van der Waals surface area contributed by atoms with E-state index < -0.39 is 0 Å². The van der Waals surface area contributed by atoms with Gasteiger partial charge in [-0.1, -0.05) is 12.1 Å². The Morgan fingerprint density at radius 2 is 2.21 bits per heavy atom. The molecule has 0 saturated carbocycles. The van der Waals surface area contributed by atoms with Gasteiger partial charge in [0.15, 0.2) is 12.4 Å². The molecule has 0 fully saturated rings. The van der Waals surface area contributed by atoms with Crippen LogP contribution in [0.15, 0.2) is 41.0 Å². The third kappa shape index (κ3) is 2.93. The van der Waals surface area contributed by atoms with E-state index in [0.29, 0.717) is 11.4 Å². The number of furan rings is 1. The topological polar surface area (TPSA) is 75.3 Å². The zero-order valence-corrected chi connectivity index (χ0v) is 10.3. The van der Waals surface area contributed by atoms with Crippen LogP contribution >= 0.6 is 0 Å². The van der Waals surface area contributed by atoms with Crippen molar-refractivity contribution in [2.24, 2.45) is 0 Å². The predicted octanol–water partition coefficient (Wildman–Crippen LogP) is 2.74. The minimum absolute atomic E-state index is 0.0767. The number of benzene rings is 1. The van der Waals surface area contributed by atoms with E-state index in [4.69, 9.17) is 14.4 Å². The minimum Gasteiger partial charge on any atom is -0.477 e. The second-order valence-corrected chi connectivity index (χ2v) is 3.83. The van der Waals surface area contributed by atoms with Crippen molar-refractivity contribution >= 4 is 11.6 Å². The molecular weight excluding hydrogens is 244 g/mol. The summed E-state index contributed by atoms with van der Waals surface area (Å²) in [6.45, 7) is 1.71. The molecule has 0 aliphatic heterocycles. The van der Waals surface area contributed by atoms with Crippen LogP contribution in [0, 0.1) is 18.3 Å². The Labute approximate surface area is 110 Å². The summed E-state index contributed by atoms with van der Waals surface area (Å²) in [5, 5.41) is 11.2. The number of carbonyl (C=O) groups excluding carboxylic acids is 1. The molecular formula is C14H12N2O3. The van der Waals surface area contributed by atoms with Crippen LogP contribution in [0.4, 0.5) is 5.69 Å². The lowest BCUT2D eigenvalue weighted by Crippen LogP contribution is -2.13. The molecule has 1 amide bonds. The predicted molar refractivity (Wildman–Crippen MR) is 68.9 cm³/mol. The Balaban J connectivity index is 2.17. The SMILES string of the molecule is Cc1ccoc1C(=O)Nc1ccccc1OCC#N. The van der Waals surface area contributed by atoms with Crippen LogP contribution in [0.5, 0.6) is 5.75 Å². The van der Waals surface area contributed by atoms with Gasteiger partial charge in [-0.3, -0.25) is 4.79 Å². The van der Waals surface area contributed by atoms with Crippen LogP contribution in [-0.4, -0.2) is 12.5 Å². The van der Waals surface area contributed by atoms with Gasteiger partial charge in [-0.25, -0.2) is 0 Å². The first-order valence-electron chi connectivity index (χ1n) is 5.66. The molecule has 5 nitrogen and oxygen atoms in total. The fraction of sp³-hybridized carbons (Fsp3) is 0.143. The molecule has 0 spiro atoms. The zero-order valence-electron chi connectivity index (χ0n) is 10.3. The number of aryl methyl sites for hydroxylation is 1. The molecule has 0 radical (unpaired) electrons. The Morgan fingerprint density at radius 1 is 1.42 bits per heavy atom. The van der Waals surface area contributed by atoms with E-state index in [0.717, 1.165) is 5.56 Å². The Morgan fingerprint density at radius 3 is 2.89 bits per heavy atom. The first-order chi connectivity index (χ1) is 9.22. The number of para-hydroxylation sites is 2. The van der Waals surface area contributed by atoms with Crippen molar-refractivity contribution in [2.45, 2.75) is 6.92 Å². The molecule has 2 rings (SSSR count). The lowest BCUT2D eigenvalue weighted by molar-refractivity contribution is 0.0995. The Kier molecular flexibility index (Phi) is 3.84. The smallest absolute Gasteiger partial charge is 0.291 e. The molecule has 0 saturated heterocycles. The number of hydrogen-bond donors (Lipinski definition) is 1. The maximum atomic E-state index is 12.0. The van der Waals surface area contributed by atoms with Crippen molar-refractivity contribution in [3.8, 4) is 11.8 Å². The van der Waals surface area contributed by atoms with Gasteiger partial charge in [0.05, 0.1) is 12.0 Å². The normalized spacial score (nSPS) is 9.68. The summed E-state index contributed by atoms with van der Waals surface area (Å²) >= 11 is 0. The average molecular weight is 256 g/mol. The summed E-state index contributed by atoms with van der Waals surface area (Å²) in [6.07, 6.45) is 1.46. The van der Waals surface area contributed by atoms with Crippen LogP contribution in [0.3, 0.4) is 0 Å². The first kappa shape index (κ1) is 12.7. The standard InChI is InChI=1S/C14H12N2O3/c1-10-6-8-19-13(10)14(17)16-11-4-2-3-5-12(11)18-9-7-15/h2-6,8H,9H2,1H3,(H,16,17). The molecule has 0 bridgehead atoms. The van der Waals surface area contributed by atoms with E-state index in [2.05, 4.69) is 5.32 Å². The van der Waals surface area contributed by atoms with Gasteiger partial charge in [-0.2, -0.15) is 5.26 Å². The fourth-order valence-electron chi connectivity index (χ4n) is 1.59. The van der Waals surface area contributed by atoms with Gasteiger partial charge in [0.25, 0.3) is 5.91 Å². The number of carbonyl (C=O) groups is 1. The fourth-order valence-corrected chi connectivity index (χ4v) is 1.59. The number of hydrogen-bond acceptors (Lipinski definition) is 4. The van der Waals surface area contributed by atoms with Crippen molar-refractivity contribution in [3.63, 3.8) is 0 Å². The van der Waals surface area contributed by atoms with Gasteiger partial charge in [0, 0.05) is 5.56 Å². The second kappa shape index (κ2) is 5.74. The Hall–Kier alpha value is -2.74. The highest BCUT2D eigenvalue weighted by Crippen LogP contribution is 2.24. The molecule has 1 aromatic heterocycles. The van der Waals surface area contributed by atoms with E-state index in [-0.39, 0.29) is 18.3 Å². The summed E-state index contributed by atoms with van der Waals surface area (Å²) in [4.78, 5) is 12.0. The summed E-state index contributed by atoms with van der Waals surface area (Å²) in [7, 11) is 0. The molecule has 0 aliphatic rings. The van der Waals surface area contributed by atoms with Crippen LogP contribution in [0.2, 0.25) is 0 Å². The average Bonchev–Trinajstić information content (AvgIpc) is 2.84. The van der Waals surface area contributed by atoms with Crippen molar-refractivity contribution < 1.29 is 13.9 Å². The van der Waals surface area contributed by atoms with Crippen LogP contribution in [0.25, 0.3) is 0 Å². The highest BCUT2D eigenvalue weighted by Gasteiger charge is 2.14. The quantitative estimate of drug-likeness (QED) is 0.912.